The number of amides is 2. The Hall–Kier alpha value is -2.40. The topological polar surface area (TPSA) is 131 Å². The summed E-state index contributed by atoms with van der Waals surface area (Å²) in [5.41, 5.74) is -1.91. The highest BCUT2D eigenvalue weighted by Gasteiger charge is 2.70. The van der Waals surface area contributed by atoms with Crippen LogP contribution < -0.4 is 5.32 Å². The first-order valence-electron chi connectivity index (χ1n) is 25.8. The van der Waals surface area contributed by atoms with E-state index in [1.807, 2.05) is 40.0 Å². The van der Waals surface area contributed by atoms with Gasteiger partial charge in [-0.2, -0.15) is 0 Å². The van der Waals surface area contributed by atoms with Crippen molar-refractivity contribution in [3.8, 4) is 0 Å². The highest BCUT2D eigenvalue weighted by molar-refractivity contribution is 5.93. The van der Waals surface area contributed by atoms with Crippen molar-refractivity contribution in [1.29, 1.82) is 0 Å². The first-order valence-corrected chi connectivity index (χ1v) is 25.8. The molecule has 65 heavy (non-hydrogen) atoms. The summed E-state index contributed by atoms with van der Waals surface area (Å²) in [7, 11) is 5.59. The lowest BCUT2D eigenvalue weighted by Gasteiger charge is -2.61. The number of hydrogen-bond donors (Lipinski definition) is 2. The number of ketones is 2. The van der Waals surface area contributed by atoms with Crippen LogP contribution in [0.1, 0.15) is 160 Å². The SMILES string of the molecule is C/C=C\C[C@]1(C)C[C@@H](O)[C@@]2(C)C3[C@H](OC)CCC3(CC[C@H]2C)[C@@H](C)C1=O.C/C=C\C[C@]1(C)C[C@@H](OC(=O)NC(=O)[C@H]2CN(C)CC[C@@H]2C)[C@@]2(C)C3[C@H](OC)CCC3(CC[C@H]2C)[C@@H](C)C1=O. The van der Waals surface area contributed by atoms with E-state index in [0.29, 0.717) is 37.5 Å². The first-order chi connectivity index (χ1) is 30.5. The molecule has 0 radical (unpaired) electrons. The highest BCUT2D eigenvalue weighted by Crippen LogP contribution is 2.70. The lowest BCUT2D eigenvalue weighted by atomic mass is 9.43. The van der Waals surface area contributed by atoms with Crippen molar-refractivity contribution < 1.29 is 38.5 Å². The number of carbonyl (C=O) groups excluding carboxylic acids is 4. The van der Waals surface area contributed by atoms with Gasteiger partial charge in [0.1, 0.15) is 17.7 Å². The Morgan fingerprint density at radius 3 is 1.68 bits per heavy atom. The Bertz CT molecular complexity index is 1820. The van der Waals surface area contributed by atoms with Gasteiger partial charge in [-0.25, -0.2) is 4.79 Å². The number of allylic oxidation sites excluding steroid dienone is 4. The summed E-state index contributed by atoms with van der Waals surface area (Å²) in [6, 6.07) is 0. The Kier molecular flexibility index (Phi) is 15.6. The van der Waals surface area contributed by atoms with E-state index in [-0.39, 0.29) is 87.0 Å². The number of piperidine rings is 1. The number of likely N-dealkylation sites (tertiary alicyclic amines) is 1. The van der Waals surface area contributed by atoms with Crippen molar-refractivity contribution in [2.45, 2.75) is 184 Å². The zero-order chi connectivity index (χ0) is 48.1. The van der Waals surface area contributed by atoms with Crippen LogP contribution in [0.2, 0.25) is 0 Å². The number of ether oxygens (including phenoxy) is 3. The second-order valence-corrected chi connectivity index (χ2v) is 23.9. The van der Waals surface area contributed by atoms with E-state index in [2.05, 4.69) is 77.8 Å². The second kappa shape index (κ2) is 19.5. The molecular formula is C55H90N2O8. The second-order valence-electron chi connectivity index (χ2n) is 23.9. The average molecular weight is 907 g/mol. The number of Topliss-reactive ketones (excluding diaryl/α,β-unsaturated/α-hetero) is 2. The van der Waals surface area contributed by atoms with Crippen LogP contribution in [0.15, 0.2) is 24.3 Å². The van der Waals surface area contributed by atoms with Gasteiger partial charge >= 0.3 is 6.09 Å². The molecular weight excluding hydrogens is 817 g/mol. The summed E-state index contributed by atoms with van der Waals surface area (Å²) in [4.78, 5) is 56.9. The van der Waals surface area contributed by atoms with E-state index < -0.39 is 29.1 Å². The number of nitrogens with zero attached hydrogens (tertiary/aromatic N) is 1. The summed E-state index contributed by atoms with van der Waals surface area (Å²) in [6.45, 7) is 25.2. The molecule has 1 saturated heterocycles. The van der Waals surface area contributed by atoms with E-state index in [4.69, 9.17) is 14.2 Å². The molecule has 7 rings (SSSR count). The number of nitrogens with one attached hydrogen (secondary N) is 1. The smallest absolute Gasteiger partial charge is 0.414 e. The minimum Gasteiger partial charge on any atom is -0.445 e. The number of aliphatic hydroxyl groups excluding tert-OH is 1. The lowest BCUT2D eigenvalue weighted by molar-refractivity contribution is -0.191. The molecule has 368 valence electrons. The van der Waals surface area contributed by atoms with Crippen molar-refractivity contribution in [1.82, 2.24) is 10.2 Å². The quantitative estimate of drug-likeness (QED) is 0.229. The molecule has 7 fully saturated rings. The van der Waals surface area contributed by atoms with Crippen molar-refractivity contribution >= 4 is 23.6 Å². The van der Waals surface area contributed by atoms with Crippen LogP contribution >= 0.6 is 0 Å². The predicted molar refractivity (Wildman–Crippen MR) is 257 cm³/mol. The number of imide groups is 1. The maximum Gasteiger partial charge on any atom is 0.414 e. The van der Waals surface area contributed by atoms with Gasteiger partial charge in [0.25, 0.3) is 0 Å². The van der Waals surface area contributed by atoms with Crippen LogP contribution in [0.3, 0.4) is 0 Å². The molecule has 2 N–H and O–H groups in total. The molecule has 1 heterocycles. The molecule has 1 aliphatic heterocycles. The van der Waals surface area contributed by atoms with Gasteiger partial charge in [-0.05, 0) is 145 Å². The monoisotopic (exact) mass is 907 g/mol. The summed E-state index contributed by atoms with van der Waals surface area (Å²) < 4.78 is 18.4. The minimum absolute atomic E-state index is 0.0160. The molecule has 0 aromatic carbocycles. The number of alkyl carbamates (subject to hydrolysis) is 1. The molecule has 4 unspecified atom stereocenters. The molecule has 6 saturated carbocycles. The van der Waals surface area contributed by atoms with Gasteiger partial charge in [-0.3, -0.25) is 19.7 Å². The van der Waals surface area contributed by atoms with Crippen molar-refractivity contribution in [3.05, 3.63) is 24.3 Å². The third-order valence-electron chi connectivity index (χ3n) is 20.9. The van der Waals surface area contributed by atoms with Gasteiger partial charge in [0, 0.05) is 60.2 Å². The van der Waals surface area contributed by atoms with Crippen LogP contribution in [-0.2, 0) is 28.6 Å². The lowest BCUT2D eigenvalue weighted by Crippen LogP contribution is -2.63. The standard InChI is InChI=1S/C32H52N2O5.C23H38O3/c1-9-10-14-30(5)18-25(39-29(37)33-28(36)23-19-34(7)17-13-20(23)2)31(6)21(3)11-15-32(22(4)27(30)35)16-12-24(38-8)26(31)32;1-7-8-11-21(4)14-18(24)22(5)15(2)9-12-23(16(3)20(21)25)13-10-17(26-6)19(22)23/h9-10,20-26H,11-19H2,1-8H3,(H,33,36,37);7-8,15-19,24H,9-14H2,1-6H3/b10-9-;8-7-/t20-,21+,22-,23-,24+,25+,26?,30+,31-,32?;15-,16+,17-,18-,19?,21-,22+,23?/m01/s1. The van der Waals surface area contributed by atoms with Crippen LogP contribution in [0.4, 0.5) is 4.79 Å². The van der Waals surface area contributed by atoms with Gasteiger partial charge in [-0.1, -0.05) is 86.6 Å². The summed E-state index contributed by atoms with van der Waals surface area (Å²) in [5.74, 6) is 1.34. The fraction of sp³-hybridized carbons (Fsp3) is 0.855. The van der Waals surface area contributed by atoms with Gasteiger partial charge in [0.05, 0.1) is 24.2 Å². The number of hydrogen-bond acceptors (Lipinski definition) is 9. The molecule has 2 amide bonds. The van der Waals surface area contributed by atoms with Crippen molar-refractivity contribution in [2.75, 3.05) is 34.4 Å². The number of methoxy groups -OCH3 is 2. The van der Waals surface area contributed by atoms with Crippen LogP contribution in [0.5, 0.6) is 0 Å². The Labute approximate surface area is 393 Å². The van der Waals surface area contributed by atoms with E-state index in [0.717, 1.165) is 70.8 Å². The van der Waals surface area contributed by atoms with E-state index in [9.17, 15) is 24.3 Å². The van der Waals surface area contributed by atoms with Crippen molar-refractivity contribution in [2.24, 2.45) is 79.8 Å². The molecule has 18 atom stereocenters. The minimum atomic E-state index is -0.684. The highest BCUT2D eigenvalue weighted by atomic mass is 16.6. The van der Waals surface area contributed by atoms with Gasteiger partial charge < -0.3 is 24.2 Å². The summed E-state index contributed by atoms with van der Waals surface area (Å²) in [6.07, 6.45) is 18.1. The zero-order valence-electron chi connectivity index (χ0n) is 43.1. The van der Waals surface area contributed by atoms with Crippen LogP contribution in [0, 0.1) is 79.8 Å². The van der Waals surface area contributed by atoms with Crippen LogP contribution in [-0.4, -0.2) is 92.3 Å². The van der Waals surface area contributed by atoms with Gasteiger partial charge in [-0.15, -0.1) is 0 Å². The molecule has 10 nitrogen and oxygen atoms in total. The molecule has 0 aromatic rings. The van der Waals surface area contributed by atoms with E-state index in [1.54, 1.807) is 14.2 Å². The molecule has 0 aromatic heterocycles. The largest absolute Gasteiger partial charge is 0.445 e. The Morgan fingerprint density at radius 2 is 1.18 bits per heavy atom. The molecule has 7 aliphatic rings. The number of aliphatic hydroxyl groups is 1. The zero-order valence-corrected chi connectivity index (χ0v) is 43.1. The van der Waals surface area contributed by atoms with Crippen LogP contribution in [0.25, 0.3) is 0 Å². The molecule has 10 heteroatoms. The molecule has 0 spiro atoms. The maximum absolute atomic E-state index is 14.3. The van der Waals surface area contributed by atoms with Gasteiger partial charge in [0.15, 0.2) is 0 Å². The van der Waals surface area contributed by atoms with E-state index in [1.165, 1.54) is 0 Å². The van der Waals surface area contributed by atoms with E-state index >= 15 is 0 Å². The number of carbonyl (C=O) groups is 4. The fourth-order valence-corrected chi connectivity index (χ4v) is 16.2. The van der Waals surface area contributed by atoms with Gasteiger partial charge in [0.2, 0.25) is 5.91 Å². The normalized spacial score (nSPS) is 47.7. The fourth-order valence-electron chi connectivity index (χ4n) is 16.2. The summed E-state index contributed by atoms with van der Waals surface area (Å²) >= 11 is 0. The number of rotatable bonds is 8. The average Bonchev–Trinajstić information content (AvgIpc) is 3.88. The first kappa shape index (κ1) is 52.0. The Balaban J connectivity index is 0.000000233. The maximum atomic E-state index is 14.3. The third kappa shape index (κ3) is 8.70. The van der Waals surface area contributed by atoms with Crippen molar-refractivity contribution in [3.63, 3.8) is 0 Å². The predicted octanol–water partition coefficient (Wildman–Crippen LogP) is 10.4. The molecule has 4 bridgehead atoms. The summed E-state index contributed by atoms with van der Waals surface area (Å²) in [5, 5.41) is 14.1. The Morgan fingerprint density at radius 1 is 0.723 bits per heavy atom. The molecule has 6 aliphatic carbocycles. The third-order valence-corrected chi connectivity index (χ3v) is 20.9.